The van der Waals surface area contributed by atoms with Crippen LogP contribution in [-0.4, -0.2) is 31.9 Å². The molecule has 0 heterocycles. The summed E-state index contributed by atoms with van der Waals surface area (Å²) < 4.78 is 31.3. The highest BCUT2D eigenvalue weighted by molar-refractivity contribution is 7.99. The van der Waals surface area contributed by atoms with Crippen LogP contribution in [0, 0.1) is 0 Å². The van der Waals surface area contributed by atoms with Gasteiger partial charge in [-0.25, -0.2) is 8.42 Å². The van der Waals surface area contributed by atoms with Gasteiger partial charge in [0.25, 0.3) is 0 Å². The van der Waals surface area contributed by atoms with Crippen molar-refractivity contribution in [3.05, 3.63) is 84.4 Å². The van der Waals surface area contributed by atoms with Crippen molar-refractivity contribution in [1.82, 2.24) is 0 Å². The normalized spacial score (nSPS) is 11.9. The fourth-order valence-corrected chi connectivity index (χ4v) is 5.78. The van der Waals surface area contributed by atoms with Crippen molar-refractivity contribution in [1.29, 1.82) is 0 Å². The molecule has 0 amide bonds. The first-order valence-corrected chi connectivity index (χ1v) is 13.2. The Labute approximate surface area is 203 Å². The molecule has 0 radical (unpaired) electrons. The second-order valence-electron chi connectivity index (χ2n) is 7.17. The standard InChI is InChI=1S/C25H23NO4S3/c1-2-30-25(27)16-20(19-6-4-3-5-7-19)17-33(28,29)24-14-12-23(13-15-24)32-22-10-8-21(9-11-22)26-18-31/h3-15,20H,2,16-17H2,1H3. The third-order valence-electron chi connectivity index (χ3n) is 4.84. The third-order valence-corrected chi connectivity index (χ3v) is 7.78. The Kier molecular flexibility index (Phi) is 8.97. The monoisotopic (exact) mass is 497 g/mol. The van der Waals surface area contributed by atoms with Crippen LogP contribution in [0.25, 0.3) is 0 Å². The quantitative estimate of drug-likeness (QED) is 0.192. The van der Waals surface area contributed by atoms with Gasteiger partial charge in [0.15, 0.2) is 9.84 Å². The van der Waals surface area contributed by atoms with Gasteiger partial charge in [0.05, 0.1) is 34.5 Å². The summed E-state index contributed by atoms with van der Waals surface area (Å²) >= 11 is 6.12. The molecule has 0 aliphatic heterocycles. The zero-order valence-corrected chi connectivity index (χ0v) is 20.5. The van der Waals surface area contributed by atoms with Gasteiger partial charge in [-0.1, -0.05) is 42.1 Å². The van der Waals surface area contributed by atoms with E-state index in [1.807, 2.05) is 54.6 Å². The SMILES string of the molecule is CCOC(=O)CC(CS(=O)(=O)c1ccc(Sc2ccc(N=C=S)cc2)cc1)c1ccccc1. The summed E-state index contributed by atoms with van der Waals surface area (Å²) in [6, 6.07) is 23.5. The van der Waals surface area contributed by atoms with E-state index in [0.29, 0.717) is 0 Å². The van der Waals surface area contributed by atoms with Crippen LogP contribution < -0.4 is 0 Å². The maximum Gasteiger partial charge on any atom is 0.306 e. The Balaban J connectivity index is 1.75. The number of benzene rings is 3. The second kappa shape index (κ2) is 11.9. The van der Waals surface area contributed by atoms with Gasteiger partial charge in [-0.05, 0) is 73.2 Å². The van der Waals surface area contributed by atoms with E-state index in [1.165, 1.54) is 11.8 Å². The van der Waals surface area contributed by atoms with Gasteiger partial charge < -0.3 is 4.74 Å². The molecule has 0 aliphatic carbocycles. The average molecular weight is 498 g/mol. The Bertz CT molecular complexity index is 1220. The lowest BCUT2D eigenvalue weighted by Crippen LogP contribution is -2.19. The molecule has 3 aromatic carbocycles. The Morgan fingerprint density at radius 2 is 1.61 bits per heavy atom. The van der Waals surface area contributed by atoms with Crippen LogP contribution in [0.15, 0.2) is 98.5 Å². The fourth-order valence-electron chi connectivity index (χ4n) is 3.27. The predicted molar refractivity (Wildman–Crippen MR) is 134 cm³/mol. The zero-order valence-electron chi connectivity index (χ0n) is 18.0. The maximum atomic E-state index is 13.1. The smallest absolute Gasteiger partial charge is 0.306 e. The maximum absolute atomic E-state index is 13.1. The van der Waals surface area contributed by atoms with Gasteiger partial charge in [-0.3, -0.25) is 4.79 Å². The molecule has 170 valence electrons. The third kappa shape index (κ3) is 7.37. The highest BCUT2D eigenvalue weighted by Crippen LogP contribution is 2.31. The first-order valence-electron chi connectivity index (χ1n) is 10.3. The molecule has 33 heavy (non-hydrogen) atoms. The summed E-state index contributed by atoms with van der Waals surface area (Å²) in [6.07, 6.45) is 0.00822. The lowest BCUT2D eigenvalue weighted by Gasteiger charge is -2.17. The largest absolute Gasteiger partial charge is 0.466 e. The zero-order chi connectivity index (χ0) is 23.7. The number of ether oxygens (including phenoxy) is 1. The molecule has 0 bridgehead atoms. The molecule has 1 unspecified atom stereocenters. The average Bonchev–Trinajstić information content (AvgIpc) is 2.81. The number of nitrogens with zero attached hydrogens (tertiary/aromatic N) is 1. The molecule has 1 atom stereocenters. The van der Waals surface area contributed by atoms with Crippen LogP contribution in [0.4, 0.5) is 5.69 Å². The van der Waals surface area contributed by atoms with Crippen LogP contribution in [0.2, 0.25) is 0 Å². The molecule has 8 heteroatoms. The van der Waals surface area contributed by atoms with Crippen molar-refractivity contribution >= 4 is 50.6 Å². The topological polar surface area (TPSA) is 72.8 Å². The number of hydrogen-bond acceptors (Lipinski definition) is 7. The Morgan fingerprint density at radius 1 is 1.00 bits per heavy atom. The molecule has 0 spiro atoms. The van der Waals surface area contributed by atoms with E-state index >= 15 is 0 Å². The van der Waals surface area contributed by atoms with Crippen LogP contribution in [0.5, 0.6) is 0 Å². The molecule has 0 aliphatic rings. The summed E-state index contributed by atoms with van der Waals surface area (Å²) in [5.74, 6) is -1.07. The number of aliphatic imine (C=N–C) groups is 1. The first-order chi connectivity index (χ1) is 15.9. The van der Waals surface area contributed by atoms with E-state index in [-0.39, 0.29) is 23.7 Å². The van der Waals surface area contributed by atoms with E-state index in [0.717, 1.165) is 21.0 Å². The summed E-state index contributed by atoms with van der Waals surface area (Å²) in [7, 11) is -3.62. The second-order valence-corrected chi connectivity index (χ2v) is 10.5. The van der Waals surface area contributed by atoms with E-state index in [4.69, 9.17) is 4.74 Å². The minimum absolute atomic E-state index is 0.00822. The highest BCUT2D eigenvalue weighted by Gasteiger charge is 2.25. The van der Waals surface area contributed by atoms with Crippen LogP contribution in [0.3, 0.4) is 0 Å². The number of rotatable bonds is 10. The van der Waals surface area contributed by atoms with E-state index in [2.05, 4.69) is 22.4 Å². The van der Waals surface area contributed by atoms with Gasteiger partial charge >= 0.3 is 5.97 Å². The fraction of sp³-hybridized carbons (Fsp3) is 0.200. The molecule has 0 saturated carbocycles. The summed E-state index contributed by atoms with van der Waals surface area (Å²) in [5.41, 5.74) is 1.52. The van der Waals surface area contributed by atoms with Crippen molar-refractivity contribution < 1.29 is 17.9 Å². The van der Waals surface area contributed by atoms with Crippen molar-refractivity contribution in [3.63, 3.8) is 0 Å². The minimum Gasteiger partial charge on any atom is -0.466 e. The molecule has 0 N–H and O–H groups in total. The highest BCUT2D eigenvalue weighted by atomic mass is 32.2. The summed E-state index contributed by atoms with van der Waals surface area (Å²) in [6.45, 7) is 1.99. The van der Waals surface area contributed by atoms with Crippen molar-refractivity contribution in [2.24, 2.45) is 4.99 Å². The molecule has 0 fully saturated rings. The minimum atomic E-state index is -3.62. The molecule has 3 aromatic rings. The first kappa shape index (κ1) is 24.9. The number of isothiocyanates is 1. The molecular formula is C25H23NO4S3. The van der Waals surface area contributed by atoms with E-state index in [1.54, 1.807) is 31.2 Å². The van der Waals surface area contributed by atoms with Crippen molar-refractivity contribution in [3.8, 4) is 0 Å². The Morgan fingerprint density at radius 3 is 2.18 bits per heavy atom. The van der Waals surface area contributed by atoms with Gasteiger partial charge in [0.1, 0.15) is 0 Å². The van der Waals surface area contributed by atoms with Gasteiger partial charge in [-0.2, -0.15) is 4.99 Å². The number of carbonyl (C=O) groups is 1. The van der Waals surface area contributed by atoms with Crippen molar-refractivity contribution in [2.75, 3.05) is 12.4 Å². The summed E-state index contributed by atoms with van der Waals surface area (Å²) in [4.78, 5) is 18.1. The molecule has 5 nitrogen and oxygen atoms in total. The van der Waals surface area contributed by atoms with E-state index < -0.39 is 21.7 Å². The van der Waals surface area contributed by atoms with Gasteiger partial charge in [0.2, 0.25) is 0 Å². The van der Waals surface area contributed by atoms with Crippen LogP contribution in [-0.2, 0) is 19.4 Å². The number of thiocarbonyl (C=S) groups is 1. The lowest BCUT2D eigenvalue weighted by molar-refractivity contribution is -0.143. The molecule has 0 saturated heterocycles. The predicted octanol–water partition coefficient (Wildman–Crippen LogP) is 6.08. The number of sulfone groups is 1. The van der Waals surface area contributed by atoms with Crippen LogP contribution >= 0.6 is 24.0 Å². The number of carbonyl (C=O) groups excluding carboxylic acids is 1. The van der Waals surface area contributed by atoms with Gasteiger partial charge in [0, 0.05) is 15.7 Å². The van der Waals surface area contributed by atoms with Crippen molar-refractivity contribution in [2.45, 2.75) is 33.9 Å². The van der Waals surface area contributed by atoms with Gasteiger partial charge in [-0.15, -0.1) is 0 Å². The number of hydrogen-bond donors (Lipinski definition) is 0. The molecule has 0 aromatic heterocycles. The lowest BCUT2D eigenvalue weighted by atomic mass is 9.98. The summed E-state index contributed by atoms with van der Waals surface area (Å²) in [5, 5.41) is 2.33. The molecular weight excluding hydrogens is 474 g/mol. The Hall–Kier alpha value is -2.77. The van der Waals surface area contributed by atoms with Crippen LogP contribution in [0.1, 0.15) is 24.8 Å². The number of esters is 1. The van der Waals surface area contributed by atoms with E-state index in [9.17, 15) is 13.2 Å². The molecule has 3 rings (SSSR count).